The molecule has 8 heteroatoms. The highest BCUT2D eigenvalue weighted by atomic mass is 32.2. The molecule has 3 nitrogen and oxygen atoms in total. The molecule has 0 spiro atoms. The fourth-order valence-corrected chi connectivity index (χ4v) is 9.57. The van der Waals surface area contributed by atoms with Gasteiger partial charge in [-0.1, -0.05) is 55.5 Å². The Morgan fingerprint density at radius 3 is 2.34 bits per heavy atom. The summed E-state index contributed by atoms with van der Waals surface area (Å²) in [5, 5.41) is 0. The van der Waals surface area contributed by atoms with E-state index in [0.29, 0.717) is 0 Å². The van der Waals surface area contributed by atoms with Crippen LogP contribution in [0.1, 0.15) is 59.0 Å². The first-order valence-electron chi connectivity index (χ1n) is 10.8. The summed E-state index contributed by atoms with van der Waals surface area (Å²) in [6, 6.07) is 14.3. The summed E-state index contributed by atoms with van der Waals surface area (Å²) in [6.07, 6.45) is 5.69. The van der Waals surface area contributed by atoms with Crippen molar-refractivity contribution in [2.24, 2.45) is 0 Å². The zero-order valence-corrected chi connectivity index (χ0v) is 20.2. The lowest BCUT2D eigenvalue weighted by atomic mass is 9.90. The van der Waals surface area contributed by atoms with Crippen molar-refractivity contribution in [1.29, 1.82) is 0 Å². The van der Waals surface area contributed by atoms with Crippen LogP contribution in [0.5, 0.6) is 0 Å². The number of halogens is 3. The van der Waals surface area contributed by atoms with Gasteiger partial charge < -0.3 is 3.87 Å². The molecule has 32 heavy (non-hydrogen) atoms. The highest BCUT2D eigenvalue weighted by Crippen LogP contribution is 2.47. The first-order valence-corrected chi connectivity index (χ1v) is 15.2. The maximum Gasteiger partial charge on any atom is 0.522 e. The molecule has 2 aromatic rings. The van der Waals surface area contributed by atoms with E-state index in [1.54, 1.807) is 13.1 Å². The van der Waals surface area contributed by atoms with Crippen LogP contribution < -0.4 is 0 Å². The van der Waals surface area contributed by atoms with Gasteiger partial charge in [-0.05, 0) is 78.1 Å². The van der Waals surface area contributed by atoms with E-state index in [1.807, 2.05) is 24.3 Å². The molecular formula is C24H27F3O3SSi. The normalized spacial score (nSPS) is 19.4. The first-order chi connectivity index (χ1) is 14.9. The summed E-state index contributed by atoms with van der Waals surface area (Å²) < 4.78 is 67.8. The minimum absolute atomic E-state index is 0.215. The van der Waals surface area contributed by atoms with Crippen molar-refractivity contribution < 1.29 is 25.5 Å². The van der Waals surface area contributed by atoms with Crippen molar-refractivity contribution in [3.63, 3.8) is 0 Å². The van der Waals surface area contributed by atoms with Crippen LogP contribution in [-0.2, 0) is 26.8 Å². The lowest BCUT2D eigenvalue weighted by Gasteiger charge is -2.29. The van der Waals surface area contributed by atoms with Crippen LogP contribution in [0, 0.1) is 0 Å². The third-order valence-electron chi connectivity index (χ3n) is 6.56. The third-order valence-corrected chi connectivity index (χ3v) is 11.7. The van der Waals surface area contributed by atoms with Crippen LogP contribution in [0.2, 0.25) is 13.1 Å². The summed E-state index contributed by atoms with van der Waals surface area (Å²) in [4.78, 5) is 0. The monoisotopic (exact) mass is 480 g/mol. The number of hydrogen-bond donors (Lipinski definition) is 0. The molecule has 2 aliphatic carbocycles. The van der Waals surface area contributed by atoms with Gasteiger partial charge in [0, 0.05) is 5.54 Å². The minimum Gasteiger partial charge on any atom is -0.307 e. The van der Waals surface area contributed by atoms with Crippen LogP contribution in [0.15, 0.2) is 48.5 Å². The van der Waals surface area contributed by atoms with E-state index in [2.05, 4.69) is 31.2 Å². The maximum absolute atomic E-state index is 13.1. The quantitative estimate of drug-likeness (QED) is 0.352. The van der Waals surface area contributed by atoms with E-state index in [4.69, 9.17) is 3.87 Å². The van der Waals surface area contributed by atoms with E-state index in [9.17, 15) is 21.6 Å². The largest absolute Gasteiger partial charge is 0.522 e. The van der Waals surface area contributed by atoms with Gasteiger partial charge in [0.25, 0.3) is 0 Å². The summed E-state index contributed by atoms with van der Waals surface area (Å²) in [5.74, 6) is 0.215. The molecule has 0 fully saturated rings. The minimum atomic E-state index is -5.66. The average Bonchev–Trinajstić information content (AvgIpc) is 3.30. The topological polar surface area (TPSA) is 43.4 Å². The van der Waals surface area contributed by atoms with Gasteiger partial charge in [0.15, 0.2) is 0 Å². The standard InChI is InChI=1S/C24H27F3O3SSi/c1-16(17-8-5-4-6-9-17)12-20-15-23(32(2,3)30-31(28,29)24(25,26)27)22-14-19-11-7-10-18(19)13-21(20)22/h4-6,8-9,13-16,23H,7,10-12H2,1-3H3. The second kappa shape index (κ2) is 8.15. The molecule has 0 saturated carbocycles. The van der Waals surface area contributed by atoms with Crippen molar-refractivity contribution in [2.75, 3.05) is 0 Å². The predicted octanol–water partition coefficient (Wildman–Crippen LogP) is 6.46. The SMILES string of the molecule is CC(CC1=CC([Si](C)(C)OS(=O)(=O)C(F)(F)F)c2cc3c(cc21)CCC3)c1ccccc1. The van der Waals surface area contributed by atoms with Crippen molar-refractivity contribution >= 4 is 24.0 Å². The molecule has 2 aliphatic rings. The second-order valence-electron chi connectivity index (χ2n) is 9.33. The van der Waals surface area contributed by atoms with Crippen LogP contribution in [-0.4, -0.2) is 22.2 Å². The molecule has 0 radical (unpaired) electrons. The number of allylic oxidation sites excluding steroid dienone is 2. The molecule has 172 valence electrons. The summed E-state index contributed by atoms with van der Waals surface area (Å²) >= 11 is 0. The van der Waals surface area contributed by atoms with Gasteiger partial charge >= 0.3 is 15.6 Å². The Bertz CT molecular complexity index is 1160. The summed E-state index contributed by atoms with van der Waals surface area (Å²) in [5.41, 5.74) is 0.802. The number of hydrogen-bond acceptors (Lipinski definition) is 3. The molecule has 0 aromatic heterocycles. The predicted molar refractivity (Wildman–Crippen MR) is 122 cm³/mol. The molecule has 2 unspecified atom stereocenters. The van der Waals surface area contributed by atoms with Crippen molar-refractivity contribution in [3.05, 3.63) is 76.4 Å². The van der Waals surface area contributed by atoms with Gasteiger partial charge in [-0.15, -0.1) is 0 Å². The lowest BCUT2D eigenvalue weighted by molar-refractivity contribution is -0.0504. The molecule has 0 bridgehead atoms. The zero-order valence-electron chi connectivity index (χ0n) is 18.4. The van der Waals surface area contributed by atoms with E-state index in [-0.39, 0.29) is 5.92 Å². The highest BCUT2D eigenvalue weighted by Gasteiger charge is 2.53. The number of benzene rings is 2. The molecule has 2 aromatic carbocycles. The molecule has 0 aliphatic heterocycles. The van der Waals surface area contributed by atoms with E-state index in [0.717, 1.165) is 42.4 Å². The number of alkyl halides is 3. The Labute approximate surface area is 188 Å². The Kier molecular flexibility index (Phi) is 5.92. The third kappa shape index (κ3) is 4.32. The van der Waals surface area contributed by atoms with Gasteiger partial charge in [0.05, 0.1) is 0 Å². The van der Waals surface area contributed by atoms with Crippen LogP contribution >= 0.6 is 0 Å². The molecule has 0 N–H and O–H groups in total. The molecule has 0 amide bonds. The Hall–Kier alpha value is -1.90. The molecule has 0 heterocycles. The van der Waals surface area contributed by atoms with Crippen LogP contribution in [0.4, 0.5) is 13.2 Å². The van der Waals surface area contributed by atoms with Crippen molar-refractivity contribution in [2.45, 2.75) is 62.7 Å². The van der Waals surface area contributed by atoms with E-state index < -0.39 is 29.5 Å². The molecule has 2 atom stereocenters. The lowest BCUT2D eigenvalue weighted by Crippen LogP contribution is -2.43. The number of aryl methyl sites for hydroxylation is 2. The summed E-state index contributed by atoms with van der Waals surface area (Å²) in [7, 11) is -9.01. The first kappa shape index (κ1) is 23.3. The van der Waals surface area contributed by atoms with Crippen molar-refractivity contribution in [3.8, 4) is 0 Å². The van der Waals surface area contributed by atoms with Gasteiger partial charge in [-0.2, -0.15) is 21.6 Å². The van der Waals surface area contributed by atoms with Crippen molar-refractivity contribution in [1.82, 2.24) is 0 Å². The second-order valence-corrected chi connectivity index (χ2v) is 15.2. The van der Waals surface area contributed by atoms with Gasteiger partial charge in [-0.25, -0.2) is 0 Å². The van der Waals surface area contributed by atoms with E-state index >= 15 is 0 Å². The fourth-order valence-electron chi connectivity index (χ4n) is 4.92. The van der Waals surface area contributed by atoms with Crippen LogP contribution in [0.25, 0.3) is 5.57 Å². The highest BCUT2D eigenvalue weighted by molar-refractivity contribution is 7.88. The molecule has 4 rings (SSSR count). The average molecular weight is 481 g/mol. The maximum atomic E-state index is 13.1. The molecule has 0 saturated heterocycles. The Morgan fingerprint density at radius 2 is 1.72 bits per heavy atom. The van der Waals surface area contributed by atoms with Crippen LogP contribution in [0.3, 0.4) is 0 Å². The Balaban J connectivity index is 1.73. The van der Waals surface area contributed by atoms with Gasteiger partial charge in [0.1, 0.15) is 0 Å². The number of rotatable bonds is 6. The summed E-state index contributed by atoms with van der Waals surface area (Å²) in [6.45, 7) is 5.24. The van der Waals surface area contributed by atoms with Gasteiger partial charge in [0.2, 0.25) is 8.32 Å². The Morgan fingerprint density at radius 1 is 1.09 bits per heavy atom. The zero-order chi connectivity index (χ0) is 23.3. The van der Waals surface area contributed by atoms with Gasteiger partial charge in [-0.3, -0.25) is 0 Å². The molecular weight excluding hydrogens is 453 g/mol. The fraction of sp³-hybridized carbons (Fsp3) is 0.417. The number of fused-ring (bicyclic) bond motifs is 2. The smallest absolute Gasteiger partial charge is 0.307 e. The van der Waals surface area contributed by atoms with E-state index in [1.165, 1.54) is 16.7 Å².